The van der Waals surface area contributed by atoms with Gasteiger partial charge < -0.3 is 5.32 Å². The number of rotatable bonds is 6. The Hall–Kier alpha value is -3.39. The number of piperidine rings is 1. The summed E-state index contributed by atoms with van der Waals surface area (Å²) in [4.78, 5) is 19.0. The van der Waals surface area contributed by atoms with E-state index in [0.29, 0.717) is 37.5 Å². The molecule has 1 saturated heterocycles. The zero-order valence-electron chi connectivity index (χ0n) is 21.4. The van der Waals surface area contributed by atoms with E-state index in [1.54, 1.807) is 0 Å². The highest BCUT2D eigenvalue weighted by Crippen LogP contribution is 2.42. The minimum Gasteiger partial charge on any atom is -0.322 e. The molecular weight excluding hydrogens is 558 g/mol. The average molecular weight is 584 g/mol. The highest BCUT2D eigenvalue weighted by Gasteiger charge is 2.37. The third kappa shape index (κ3) is 6.66. The van der Waals surface area contributed by atoms with E-state index in [0.717, 1.165) is 22.8 Å². The van der Waals surface area contributed by atoms with Crippen molar-refractivity contribution >= 4 is 34.8 Å². The topological polar surface area (TPSA) is 45.2 Å². The van der Waals surface area contributed by atoms with Gasteiger partial charge in [-0.15, -0.1) is 0 Å². The first-order chi connectivity index (χ1) is 19.2. The Labute approximate surface area is 240 Å². The molecule has 5 rings (SSSR count). The fourth-order valence-electron chi connectivity index (χ4n) is 5.18. The predicted octanol–water partition coefficient (Wildman–Crippen LogP) is 8.71. The van der Waals surface area contributed by atoms with Gasteiger partial charge >= 0.3 is 6.18 Å². The number of carbonyl (C=O) groups is 1. The van der Waals surface area contributed by atoms with E-state index in [1.165, 1.54) is 30.5 Å². The number of pyridine rings is 1. The molecule has 0 unspecified atom stereocenters. The van der Waals surface area contributed by atoms with Crippen LogP contribution in [0.3, 0.4) is 0 Å². The smallest absolute Gasteiger partial charge is 0.322 e. The lowest BCUT2D eigenvalue weighted by atomic mass is 9.84. The summed E-state index contributed by atoms with van der Waals surface area (Å²) in [6, 6.07) is 22.7. The van der Waals surface area contributed by atoms with E-state index < -0.39 is 17.6 Å². The number of halogens is 5. The molecule has 2 heterocycles. The Kier molecular flexibility index (Phi) is 8.45. The van der Waals surface area contributed by atoms with Crippen LogP contribution in [0.4, 0.5) is 18.9 Å². The van der Waals surface area contributed by atoms with Crippen molar-refractivity contribution in [1.82, 2.24) is 9.88 Å². The van der Waals surface area contributed by atoms with E-state index in [1.807, 2.05) is 24.3 Å². The number of hydrogen-bond acceptors (Lipinski definition) is 3. The Morgan fingerprint density at radius 3 is 2.20 bits per heavy atom. The van der Waals surface area contributed by atoms with Crippen molar-refractivity contribution in [3.05, 3.63) is 117 Å². The van der Waals surface area contributed by atoms with Crippen LogP contribution in [0.1, 0.15) is 45.8 Å². The lowest BCUT2D eigenvalue weighted by Gasteiger charge is -2.34. The lowest BCUT2D eigenvalue weighted by molar-refractivity contribution is -0.138. The van der Waals surface area contributed by atoms with Crippen molar-refractivity contribution < 1.29 is 18.0 Å². The second kappa shape index (κ2) is 12.0. The molecule has 0 atom stereocenters. The number of benzene rings is 3. The van der Waals surface area contributed by atoms with Crippen molar-refractivity contribution in [1.29, 1.82) is 0 Å². The molecule has 1 aromatic heterocycles. The van der Waals surface area contributed by atoms with Gasteiger partial charge in [0.1, 0.15) is 5.15 Å². The van der Waals surface area contributed by atoms with Gasteiger partial charge in [-0.25, -0.2) is 4.98 Å². The lowest BCUT2D eigenvalue weighted by Crippen LogP contribution is -2.33. The molecule has 0 bridgehead atoms. The molecule has 40 heavy (non-hydrogen) atoms. The fraction of sp³-hybridized carbons (Fsp3) is 0.226. The maximum Gasteiger partial charge on any atom is 0.416 e. The summed E-state index contributed by atoms with van der Waals surface area (Å²) in [6.07, 6.45) is -2.08. The number of anilines is 1. The number of hydrogen-bond donors (Lipinski definition) is 1. The standard InChI is InChI=1S/C31H26Cl2F3N3O/c32-25-10-8-22(9-11-25)21-6-4-20(5-7-21)19-39-16-13-23(14-17-39)29-26(31(34,35)36)2-1-3-27(29)38-30(40)24-12-15-37-28(33)18-24/h1-12,15,18,23H,13-14,16-17,19H2,(H,38,40). The first kappa shape index (κ1) is 28.1. The highest BCUT2D eigenvalue weighted by atomic mass is 35.5. The quantitative estimate of drug-likeness (QED) is 0.231. The molecule has 0 aliphatic carbocycles. The van der Waals surface area contributed by atoms with Gasteiger partial charge in [0.05, 0.1) is 5.56 Å². The van der Waals surface area contributed by atoms with E-state index in [4.69, 9.17) is 23.2 Å². The maximum atomic E-state index is 14.1. The summed E-state index contributed by atoms with van der Waals surface area (Å²) in [5.41, 5.74) is 3.12. The van der Waals surface area contributed by atoms with Crippen molar-refractivity contribution in [3.63, 3.8) is 0 Å². The van der Waals surface area contributed by atoms with Crippen LogP contribution in [0.2, 0.25) is 10.2 Å². The number of amides is 1. The molecule has 0 spiro atoms. The zero-order chi connectivity index (χ0) is 28.3. The third-order valence-corrected chi connectivity index (χ3v) is 7.64. The van der Waals surface area contributed by atoms with E-state index in [2.05, 4.69) is 39.5 Å². The summed E-state index contributed by atoms with van der Waals surface area (Å²) in [5, 5.41) is 3.51. The Balaban J connectivity index is 1.29. The third-order valence-electron chi connectivity index (χ3n) is 7.18. The van der Waals surface area contributed by atoms with Crippen LogP contribution < -0.4 is 5.32 Å². The first-order valence-electron chi connectivity index (χ1n) is 12.9. The van der Waals surface area contributed by atoms with Gasteiger partial charge in [-0.3, -0.25) is 9.69 Å². The van der Waals surface area contributed by atoms with Crippen LogP contribution in [0.5, 0.6) is 0 Å². The largest absolute Gasteiger partial charge is 0.416 e. The highest BCUT2D eigenvalue weighted by molar-refractivity contribution is 6.30. The van der Waals surface area contributed by atoms with Crippen molar-refractivity contribution in [3.8, 4) is 11.1 Å². The second-order valence-electron chi connectivity index (χ2n) is 9.84. The molecule has 9 heteroatoms. The van der Waals surface area contributed by atoms with Crippen LogP contribution in [0.25, 0.3) is 11.1 Å². The van der Waals surface area contributed by atoms with Gasteiger partial charge in [0.25, 0.3) is 5.91 Å². The SMILES string of the molecule is O=C(Nc1cccc(C(F)(F)F)c1C1CCN(Cc2ccc(-c3ccc(Cl)cc3)cc2)CC1)c1ccnc(Cl)c1. The van der Waals surface area contributed by atoms with Crippen LogP contribution in [-0.2, 0) is 12.7 Å². The first-order valence-corrected chi connectivity index (χ1v) is 13.6. The van der Waals surface area contributed by atoms with Gasteiger partial charge in [-0.05, 0) is 90.5 Å². The second-order valence-corrected chi connectivity index (χ2v) is 10.7. The van der Waals surface area contributed by atoms with Crippen molar-refractivity contribution in [2.75, 3.05) is 18.4 Å². The minimum atomic E-state index is -4.54. The summed E-state index contributed by atoms with van der Waals surface area (Å²) < 4.78 is 42.2. The van der Waals surface area contributed by atoms with Gasteiger partial charge in [0.2, 0.25) is 0 Å². The number of nitrogens with one attached hydrogen (secondary N) is 1. The Morgan fingerprint density at radius 2 is 1.57 bits per heavy atom. The molecule has 1 aliphatic rings. The number of likely N-dealkylation sites (tertiary alicyclic amines) is 1. The van der Waals surface area contributed by atoms with Crippen LogP contribution in [0.15, 0.2) is 85.1 Å². The van der Waals surface area contributed by atoms with Gasteiger partial charge in [-0.1, -0.05) is 65.7 Å². The van der Waals surface area contributed by atoms with E-state index >= 15 is 0 Å². The van der Waals surface area contributed by atoms with E-state index in [-0.39, 0.29) is 27.9 Å². The Bertz CT molecular complexity index is 1480. The van der Waals surface area contributed by atoms with E-state index in [9.17, 15) is 18.0 Å². The molecule has 1 fully saturated rings. The molecule has 4 nitrogen and oxygen atoms in total. The number of nitrogens with zero attached hydrogens (tertiary/aromatic N) is 2. The minimum absolute atomic E-state index is 0.129. The molecule has 4 aromatic rings. The van der Waals surface area contributed by atoms with Crippen LogP contribution >= 0.6 is 23.2 Å². The van der Waals surface area contributed by atoms with Crippen LogP contribution in [-0.4, -0.2) is 28.9 Å². The molecule has 1 amide bonds. The number of carbonyl (C=O) groups excluding carboxylic acids is 1. The summed E-state index contributed by atoms with van der Waals surface area (Å²) in [5.74, 6) is -0.887. The molecule has 1 N–H and O–H groups in total. The normalized spacial score (nSPS) is 14.7. The van der Waals surface area contributed by atoms with Crippen molar-refractivity contribution in [2.24, 2.45) is 0 Å². The molecule has 1 aliphatic heterocycles. The number of aromatic nitrogens is 1. The van der Waals surface area contributed by atoms with Gasteiger partial charge in [0.15, 0.2) is 0 Å². The zero-order valence-corrected chi connectivity index (χ0v) is 22.9. The summed E-state index contributed by atoms with van der Waals surface area (Å²) >= 11 is 11.9. The van der Waals surface area contributed by atoms with Crippen LogP contribution in [0, 0.1) is 0 Å². The molecular formula is C31H26Cl2F3N3O. The van der Waals surface area contributed by atoms with Crippen molar-refractivity contribution in [2.45, 2.75) is 31.5 Å². The molecule has 0 saturated carbocycles. The molecule has 0 radical (unpaired) electrons. The van der Waals surface area contributed by atoms with Gasteiger partial charge in [-0.2, -0.15) is 13.2 Å². The molecule has 3 aromatic carbocycles. The number of alkyl halides is 3. The maximum absolute atomic E-state index is 14.1. The van der Waals surface area contributed by atoms with Gasteiger partial charge in [0, 0.05) is 29.0 Å². The monoisotopic (exact) mass is 583 g/mol. The molecule has 206 valence electrons. The average Bonchev–Trinajstić information content (AvgIpc) is 2.94. The fourth-order valence-corrected chi connectivity index (χ4v) is 5.48. The summed E-state index contributed by atoms with van der Waals surface area (Å²) in [7, 11) is 0. The Morgan fingerprint density at radius 1 is 0.925 bits per heavy atom. The predicted molar refractivity (Wildman–Crippen MR) is 153 cm³/mol. The summed E-state index contributed by atoms with van der Waals surface area (Å²) in [6.45, 7) is 1.99.